The standard InChI is InChI=1S/C12H22N2/c1-2-4-10(5-3-1)8-14-9-11-6-12(14)7-13-11/h10-13H,1-9H2. The van der Waals surface area contributed by atoms with E-state index >= 15 is 0 Å². The van der Waals surface area contributed by atoms with Crippen molar-refractivity contribution in [1.29, 1.82) is 0 Å². The summed E-state index contributed by atoms with van der Waals surface area (Å²) >= 11 is 0. The number of nitrogens with zero attached hydrogens (tertiary/aromatic N) is 1. The van der Waals surface area contributed by atoms with Gasteiger partial charge in [-0.05, 0) is 25.2 Å². The van der Waals surface area contributed by atoms with Gasteiger partial charge in [-0.2, -0.15) is 0 Å². The smallest absolute Gasteiger partial charge is 0.0236 e. The fourth-order valence-electron chi connectivity index (χ4n) is 3.57. The fourth-order valence-corrected chi connectivity index (χ4v) is 3.57. The first-order valence-corrected chi connectivity index (χ1v) is 6.39. The zero-order chi connectivity index (χ0) is 9.38. The van der Waals surface area contributed by atoms with Crippen LogP contribution in [0.3, 0.4) is 0 Å². The Balaban J connectivity index is 1.52. The van der Waals surface area contributed by atoms with Crippen LogP contribution in [0.25, 0.3) is 0 Å². The Kier molecular flexibility index (Phi) is 2.50. The number of hydrogen-bond acceptors (Lipinski definition) is 2. The molecule has 0 aromatic carbocycles. The summed E-state index contributed by atoms with van der Waals surface area (Å²) in [6.45, 7) is 4.00. The molecule has 2 aliphatic heterocycles. The molecule has 2 heteroatoms. The summed E-state index contributed by atoms with van der Waals surface area (Å²) in [6.07, 6.45) is 8.90. The van der Waals surface area contributed by atoms with E-state index in [0.29, 0.717) is 0 Å². The molecule has 0 aromatic heterocycles. The first-order chi connectivity index (χ1) is 6.92. The molecule has 2 bridgehead atoms. The summed E-state index contributed by atoms with van der Waals surface area (Å²) in [6, 6.07) is 1.73. The quantitative estimate of drug-likeness (QED) is 0.718. The molecule has 2 unspecified atom stereocenters. The first-order valence-electron chi connectivity index (χ1n) is 6.39. The molecule has 3 aliphatic rings. The SMILES string of the molecule is C1CCC(CN2CC3CC2CN3)CC1. The maximum atomic E-state index is 3.58. The third kappa shape index (κ3) is 1.70. The number of nitrogens with one attached hydrogen (secondary N) is 1. The monoisotopic (exact) mass is 194 g/mol. The molecule has 14 heavy (non-hydrogen) atoms. The summed E-state index contributed by atoms with van der Waals surface area (Å²) in [5.41, 5.74) is 0. The van der Waals surface area contributed by atoms with Gasteiger partial charge in [-0.15, -0.1) is 0 Å². The van der Waals surface area contributed by atoms with E-state index in [2.05, 4.69) is 10.2 Å². The molecule has 80 valence electrons. The van der Waals surface area contributed by atoms with Crippen LogP contribution < -0.4 is 5.32 Å². The van der Waals surface area contributed by atoms with Crippen LogP contribution in [-0.2, 0) is 0 Å². The van der Waals surface area contributed by atoms with Crippen molar-refractivity contribution in [1.82, 2.24) is 10.2 Å². The summed E-state index contributed by atoms with van der Waals surface area (Å²) in [5, 5.41) is 3.58. The van der Waals surface area contributed by atoms with E-state index in [9.17, 15) is 0 Å². The Morgan fingerprint density at radius 1 is 1.14 bits per heavy atom. The van der Waals surface area contributed by atoms with Crippen LogP contribution in [0, 0.1) is 5.92 Å². The Bertz CT molecular complexity index is 198. The van der Waals surface area contributed by atoms with Gasteiger partial charge in [0.25, 0.3) is 0 Å². The summed E-state index contributed by atoms with van der Waals surface area (Å²) < 4.78 is 0. The lowest BCUT2D eigenvalue weighted by Crippen LogP contribution is -2.45. The van der Waals surface area contributed by atoms with E-state index in [1.807, 2.05) is 0 Å². The average molecular weight is 194 g/mol. The number of likely N-dealkylation sites (tertiary alicyclic amines) is 1. The van der Waals surface area contributed by atoms with E-state index in [1.54, 1.807) is 0 Å². The van der Waals surface area contributed by atoms with Gasteiger partial charge in [-0.3, -0.25) is 4.90 Å². The van der Waals surface area contributed by atoms with Gasteiger partial charge >= 0.3 is 0 Å². The number of piperazine rings is 1. The van der Waals surface area contributed by atoms with Crippen LogP contribution in [0.4, 0.5) is 0 Å². The highest BCUT2D eigenvalue weighted by Gasteiger charge is 2.38. The molecule has 1 aliphatic carbocycles. The van der Waals surface area contributed by atoms with Crippen LogP contribution in [-0.4, -0.2) is 36.6 Å². The molecular weight excluding hydrogens is 172 g/mol. The van der Waals surface area contributed by atoms with Crippen LogP contribution in [0.1, 0.15) is 38.5 Å². The van der Waals surface area contributed by atoms with Crippen LogP contribution >= 0.6 is 0 Å². The van der Waals surface area contributed by atoms with Crippen LogP contribution in [0.15, 0.2) is 0 Å². The molecule has 2 atom stereocenters. The largest absolute Gasteiger partial charge is 0.311 e. The van der Waals surface area contributed by atoms with Gasteiger partial charge in [0.05, 0.1) is 0 Å². The van der Waals surface area contributed by atoms with Crippen molar-refractivity contribution in [2.24, 2.45) is 5.92 Å². The average Bonchev–Trinajstić information content (AvgIpc) is 2.81. The lowest BCUT2D eigenvalue weighted by molar-refractivity contribution is 0.170. The van der Waals surface area contributed by atoms with E-state index in [4.69, 9.17) is 0 Å². The fraction of sp³-hybridized carbons (Fsp3) is 1.00. The van der Waals surface area contributed by atoms with Crippen LogP contribution in [0.2, 0.25) is 0 Å². The third-order valence-corrected chi connectivity index (χ3v) is 4.39. The zero-order valence-electron chi connectivity index (χ0n) is 9.04. The highest BCUT2D eigenvalue weighted by molar-refractivity contribution is 4.97. The van der Waals surface area contributed by atoms with E-state index in [0.717, 1.165) is 18.0 Å². The number of hydrogen-bond donors (Lipinski definition) is 1. The van der Waals surface area contributed by atoms with Gasteiger partial charge in [0, 0.05) is 31.7 Å². The van der Waals surface area contributed by atoms with Gasteiger partial charge < -0.3 is 5.32 Å². The molecule has 2 saturated heterocycles. The topological polar surface area (TPSA) is 15.3 Å². The normalized spacial score (nSPS) is 39.4. The Morgan fingerprint density at radius 2 is 2.00 bits per heavy atom. The molecule has 0 aromatic rings. The lowest BCUT2D eigenvalue weighted by atomic mass is 9.89. The molecule has 3 fully saturated rings. The van der Waals surface area contributed by atoms with Crippen molar-refractivity contribution >= 4 is 0 Å². The van der Waals surface area contributed by atoms with Gasteiger partial charge in [0.15, 0.2) is 0 Å². The predicted molar refractivity (Wildman–Crippen MR) is 58.3 cm³/mol. The molecule has 3 rings (SSSR count). The van der Waals surface area contributed by atoms with Crippen molar-refractivity contribution in [3.63, 3.8) is 0 Å². The second-order valence-electron chi connectivity index (χ2n) is 5.45. The van der Waals surface area contributed by atoms with E-state index in [1.165, 1.54) is 58.2 Å². The minimum absolute atomic E-state index is 0.837. The highest BCUT2D eigenvalue weighted by Crippen LogP contribution is 2.29. The minimum atomic E-state index is 0.837. The second kappa shape index (κ2) is 3.82. The number of fused-ring (bicyclic) bond motifs is 2. The molecule has 2 heterocycles. The Morgan fingerprint density at radius 3 is 2.64 bits per heavy atom. The Hall–Kier alpha value is -0.0800. The van der Waals surface area contributed by atoms with Gasteiger partial charge in [0.1, 0.15) is 0 Å². The molecule has 1 saturated carbocycles. The highest BCUT2D eigenvalue weighted by atomic mass is 15.3. The first kappa shape index (κ1) is 9.17. The van der Waals surface area contributed by atoms with Gasteiger partial charge in [0.2, 0.25) is 0 Å². The zero-order valence-corrected chi connectivity index (χ0v) is 9.04. The molecule has 0 radical (unpaired) electrons. The van der Waals surface area contributed by atoms with Crippen molar-refractivity contribution in [3.05, 3.63) is 0 Å². The summed E-state index contributed by atoms with van der Waals surface area (Å²) in [7, 11) is 0. The molecule has 0 spiro atoms. The Labute approximate surface area is 87.0 Å². The van der Waals surface area contributed by atoms with Crippen molar-refractivity contribution in [3.8, 4) is 0 Å². The maximum Gasteiger partial charge on any atom is 0.0236 e. The number of rotatable bonds is 2. The summed E-state index contributed by atoms with van der Waals surface area (Å²) in [4.78, 5) is 2.76. The molecule has 2 nitrogen and oxygen atoms in total. The van der Waals surface area contributed by atoms with E-state index in [-0.39, 0.29) is 0 Å². The lowest BCUT2D eigenvalue weighted by Gasteiger charge is -2.32. The maximum absolute atomic E-state index is 3.58. The van der Waals surface area contributed by atoms with Crippen LogP contribution in [0.5, 0.6) is 0 Å². The molecule has 1 N–H and O–H groups in total. The van der Waals surface area contributed by atoms with Crippen molar-refractivity contribution < 1.29 is 0 Å². The summed E-state index contributed by atoms with van der Waals surface area (Å²) in [5.74, 6) is 1.03. The molecule has 0 amide bonds. The second-order valence-corrected chi connectivity index (χ2v) is 5.45. The third-order valence-electron chi connectivity index (χ3n) is 4.39. The predicted octanol–water partition coefficient (Wildman–Crippen LogP) is 1.61. The van der Waals surface area contributed by atoms with Crippen molar-refractivity contribution in [2.75, 3.05) is 19.6 Å². The minimum Gasteiger partial charge on any atom is -0.311 e. The van der Waals surface area contributed by atoms with Crippen molar-refractivity contribution in [2.45, 2.75) is 50.6 Å². The van der Waals surface area contributed by atoms with Gasteiger partial charge in [-0.25, -0.2) is 0 Å². The van der Waals surface area contributed by atoms with Gasteiger partial charge in [-0.1, -0.05) is 19.3 Å². The molecular formula is C12H22N2. The van der Waals surface area contributed by atoms with E-state index < -0.39 is 0 Å².